The molecule has 0 amide bonds. The van der Waals surface area contributed by atoms with Gasteiger partial charge in [0.2, 0.25) is 0 Å². The maximum atomic E-state index is 10.8. The van der Waals surface area contributed by atoms with Gasteiger partial charge in [0.1, 0.15) is 11.5 Å². The van der Waals surface area contributed by atoms with Crippen LogP contribution < -0.4 is 4.74 Å². The number of aromatic hydroxyl groups is 3. The van der Waals surface area contributed by atoms with Gasteiger partial charge in [-0.25, -0.2) is 0 Å². The first kappa shape index (κ1) is 25.5. The zero-order valence-corrected chi connectivity index (χ0v) is 21.9. The van der Waals surface area contributed by atoms with Gasteiger partial charge < -0.3 is 20.1 Å². The zero-order chi connectivity index (χ0) is 25.6. The number of phenolic OH excluding ortho intramolecular Hbond substituents is 3. The fraction of sp³-hybridized carbons (Fsp3) is 0.400. The van der Waals surface area contributed by atoms with E-state index in [0.29, 0.717) is 17.2 Å². The van der Waals surface area contributed by atoms with Crippen LogP contribution in [-0.4, -0.2) is 22.4 Å². The Morgan fingerprint density at radius 1 is 0.647 bits per heavy atom. The van der Waals surface area contributed by atoms with Gasteiger partial charge in [-0.2, -0.15) is 0 Å². The second-order valence-corrected chi connectivity index (χ2v) is 11.3. The van der Waals surface area contributed by atoms with Crippen LogP contribution >= 0.6 is 0 Å². The first-order chi connectivity index (χ1) is 15.6. The summed E-state index contributed by atoms with van der Waals surface area (Å²) in [7, 11) is 1.54. The van der Waals surface area contributed by atoms with E-state index in [1.807, 2.05) is 38.1 Å². The molecule has 4 nitrogen and oxygen atoms in total. The van der Waals surface area contributed by atoms with Crippen LogP contribution in [0.2, 0.25) is 0 Å². The highest BCUT2D eigenvalue weighted by molar-refractivity contribution is 5.57. The van der Waals surface area contributed by atoms with E-state index in [1.165, 1.54) is 0 Å². The number of aryl methyl sites for hydroxylation is 2. The summed E-state index contributed by atoms with van der Waals surface area (Å²) in [6, 6.07) is 13.6. The molecule has 0 unspecified atom stereocenters. The van der Waals surface area contributed by atoms with Crippen LogP contribution in [0.25, 0.3) is 0 Å². The van der Waals surface area contributed by atoms with E-state index in [1.54, 1.807) is 13.2 Å². The van der Waals surface area contributed by atoms with Gasteiger partial charge in [-0.15, -0.1) is 0 Å². The van der Waals surface area contributed by atoms with Crippen molar-refractivity contribution in [1.82, 2.24) is 0 Å². The molecule has 4 heteroatoms. The predicted molar refractivity (Wildman–Crippen MR) is 139 cm³/mol. The molecule has 0 aliphatic carbocycles. The van der Waals surface area contributed by atoms with Crippen LogP contribution in [0, 0.1) is 13.8 Å². The van der Waals surface area contributed by atoms with Crippen LogP contribution in [-0.2, 0) is 10.8 Å². The maximum absolute atomic E-state index is 10.8. The third-order valence-electron chi connectivity index (χ3n) is 6.47. The van der Waals surface area contributed by atoms with Crippen LogP contribution in [0.1, 0.15) is 86.4 Å². The topological polar surface area (TPSA) is 69.9 Å². The van der Waals surface area contributed by atoms with Gasteiger partial charge in [-0.1, -0.05) is 71.9 Å². The van der Waals surface area contributed by atoms with Crippen LogP contribution in [0.15, 0.2) is 42.5 Å². The van der Waals surface area contributed by atoms with Gasteiger partial charge >= 0.3 is 0 Å². The normalized spacial score (nSPS) is 12.3. The molecule has 0 atom stereocenters. The Balaban J connectivity index is 2.39. The number of hydrogen-bond acceptors (Lipinski definition) is 4. The van der Waals surface area contributed by atoms with Crippen molar-refractivity contribution >= 4 is 0 Å². The van der Waals surface area contributed by atoms with Crippen LogP contribution in [0.4, 0.5) is 0 Å². The first-order valence-corrected chi connectivity index (χ1v) is 11.7. The van der Waals surface area contributed by atoms with Gasteiger partial charge in [0.05, 0.1) is 7.11 Å². The second-order valence-electron chi connectivity index (χ2n) is 11.3. The third kappa shape index (κ3) is 4.86. The van der Waals surface area contributed by atoms with Gasteiger partial charge in [-0.05, 0) is 75.8 Å². The molecule has 3 rings (SSSR count). The lowest BCUT2D eigenvalue weighted by molar-refractivity contribution is 0.373. The molecular weight excluding hydrogens is 424 g/mol. The number of phenols is 3. The number of hydrogen-bond donors (Lipinski definition) is 3. The van der Waals surface area contributed by atoms with Crippen molar-refractivity contribution in [2.45, 2.75) is 72.1 Å². The van der Waals surface area contributed by atoms with E-state index >= 15 is 0 Å². The van der Waals surface area contributed by atoms with Crippen molar-refractivity contribution < 1.29 is 20.1 Å². The molecule has 0 fully saturated rings. The summed E-state index contributed by atoms with van der Waals surface area (Å²) in [6.07, 6.45) is 0. The largest absolute Gasteiger partial charge is 0.507 e. The molecule has 0 aliphatic rings. The highest BCUT2D eigenvalue weighted by atomic mass is 16.5. The highest BCUT2D eigenvalue weighted by Crippen LogP contribution is 2.44. The molecule has 0 bridgehead atoms. The minimum absolute atomic E-state index is 0.0829. The Bertz CT molecular complexity index is 1140. The molecule has 0 saturated carbocycles. The summed E-state index contributed by atoms with van der Waals surface area (Å²) in [4.78, 5) is 0. The summed E-state index contributed by atoms with van der Waals surface area (Å²) in [5.41, 5.74) is 5.89. The highest BCUT2D eigenvalue weighted by Gasteiger charge is 2.28. The molecule has 182 valence electrons. The predicted octanol–water partition coefficient (Wildman–Crippen LogP) is 7.20. The zero-order valence-electron chi connectivity index (χ0n) is 21.9. The minimum Gasteiger partial charge on any atom is -0.507 e. The molecule has 0 radical (unpaired) electrons. The third-order valence-corrected chi connectivity index (χ3v) is 6.47. The average Bonchev–Trinajstić information content (AvgIpc) is 2.72. The van der Waals surface area contributed by atoms with Crippen molar-refractivity contribution in [1.29, 1.82) is 0 Å². The Labute approximate surface area is 203 Å². The van der Waals surface area contributed by atoms with E-state index in [2.05, 4.69) is 53.7 Å². The summed E-state index contributed by atoms with van der Waals surface area (Å²) in [5, 5.41) is 31.9. The van der Waals surface area contributed by atoms with Crippen molar-refractivity contribution in [2.75, 3.05) is 7.11 Å². The minimum atomic E-state index is -0.247. The quantitative estimate of drug-likeness (QED) is 0.358. The van der Waals surface area contributed by atoms with Gasteiger partial charge in [0.15, 0.2) is 11.5 Å². The molecule has 3 aromatic carbocycles. The van der Waals surface area contributed by atoms with Crippen LogP contribution in [0.5, 0.6) is 23.0 Å². The van der Waals surface area contributed by atoms with Crippen molar-refractivity contribution in [2.24, 2.45) is 0 Å². The van der Waals surface area contributed by atoms with Crippen molar-refractivity contribution in [3.8, 4) is 23.0 Å². The van der Waals surface area contributed by atoms with E-state index < -0.39 is 0 Å². The molecular formula is C30H38O4. The van der Waals surface area contributed by atoms with E-state index in [0.717, 1.165) is 38.9 Å². The Morgan fingerprint density at radius 2 is 1.09 bits per heavy atom. The lowest BCUT2D eigenvalue weighted by atomic mass is 9.77. The lowest BCUT2D eigenvalue weighted by Crippen LogP contribution is -2.16. The maximum Gasteiger partial charge on any atom is 0.160 e. The molecule has 0 saturated heterocycles. The van der Waals surface area contributed by atoms with E-state index in [-0.39, 0.29) is 22.5 Å². The Morgan fingerprint density at radius 3 is 1.47 bits per heavy atom. The van der Waals surface area contributed by atoms with Crippen molar-refractivity contribution in [3.05, 3.63) is 81.4 Å². The smallest absolute Gasteiger partial charge is 0.160 e. The average molecular weight is 463 g/mol. The number of methoxy groups -OCH3 is 1. The summed E-state index contributed by atoms with van der Waals surface area (Å²) in [5.74, 6) is 0.918. The molecule has 34 heavy (non-hydrogen) atoms. The standard InChI is InChI=1S/C30H38O4/c1-17-12-20(14-22(27(17)32)29(3,4)5)26(19-10-11-24(31)25(16-19)34-9)21-13-18(2)28(33)23(15-21)30(6,7)8/h10-16,26,31-33H,1-9H3. The monoisotopic (exact) mass is 462 g/mol. The Hall–Kier alpha value is -3.14. The van der Waals surface area contributed by atoms with Gasteiger partial charge in [-0.3, -0.25) is 0 Å². The molecule has 0 aromatic heterocycles. The molecule has 0 spiro atoms. The van der Waals surface area contributed by atoms with E-state index in [9.17, 15) is 15.3 Å². The second kappa shape index (κ2) is 8.90. The SMILES string of the molecule is COc1cc(C(c2cc(C)c(O)c(C(C)(C)C)c2)c2cc(C)c(O)c(C(C)(C)C)c2)ccc1O. The number of benzene rings is 3. The Kier molecular flexibility index (Phi) is 6.67. The van der Waals surface area contributed by atoms with Crippen LogP contribution in [0.3, 0.4) is 0 Å². The summed E-state index contributed by atoms with van der Waals surface area (Å²) in [6.45, 7) is 16.4. The summed E-state index contributed by atoms with van der Waals surface area (Å²) >= 11 is 0. The number of ether oxygens (including phenoxy) is 1. The molecule has 0 aliphatic heterocycles. The molecule has 0 heterocycles. The van der Waals surface area contributed by atoms with E-state index in [4.69, 9.17) is 4.74 Å². The molecule has 3 N–H and O–H groups in total. The fourth-order valence-electron chi connectivity index (χ4n) is 4.54. The van der Waals surface area contributed by atoms with Crippen molar-refractivity contribution in [3.63, 3.8) is 0 Å². The lowest BCUT2D eigenvalue weighted by Gasteiger charge is -2.28. The number of rotatable bonds is 4. The first-order valence-electron chi connectivity index (χ1n) is 11.7. The fourth-order valence-corrected chi connectivity index (χ4v) is 4.54. The van der Waals surface area contributed by atoms with Gasteiger partial charge in [0, 0.05) is 5.92 Å². The van der Waals surface area contributed by atoms with Gasteiger partial charge in [0.25, 0.3) is 0 Å². The molecule has 3 aromatic rings. The summed E-state index contributed by atoms with van der Waals surface area (Å²) < 4.78 is 5.42.